The van der Waals surface area contributed by atoms with Gasteiger partial charge >= 0.3 is 0 Å². The van der Waals surface area contributed by atoms with Crippen LogP contribution in [0.15, 0.2) is 0 Å². The van der Waals surface area contributed by atoms with E-state index in [1.807, 2.05) is 0 Å². The summed E-state index contributed by atoms with van der Waals surface area (Å²) in [4.78, 5) is 11.9. The van der Waals surface area contributed by atoms with Gasteiger partial charge in [-0.2, -0.15) is 0 Å². The van der Waals surface area contributed by atoms with Crippen LogP contribution in [0.2, 0.25) is 0 Å². The van der Waals surface area contributed by atoms with Crippen LogP contribution >= 0.6 is 46.4 Å². The van der Waals surface area contributed by atoms with E-state index in [1.54, 1.807) is 0 Å². The summed E-state index contributed by atoms with van der Waals surface area (Å²) in [6.45, 7) is 3.68. The van der Waals surface area contributed by atoms with Crippen LogP contribution in [0.5, 0.6) is 0 Å². The van der Waals surface area contributed by atoms with Gasteiger partial charge in [0.2, 0.25) is 5.78 Å². The minimum Gasteiger partial charge on any atom is -0.360 e. The SMILES string of the molecule is [CH2]CCC(Cl)(Cl)C(=O)[C]1OC2CCC1CC2C(Cl)Cl. The third-order valence-corrected chi connectivity index (χ3v) is 5.22. The van der Waals surface area contributed by atoms with E-state index in [9.17, 15) is 4.79 Å². The number of alkyl halides is 4. The lowest BCUT2D eigenvalue weighted by molar-refractivity contribution is -0.142. The molecule has 3 fully saturated rings. The molecule has 2 saturated heterocycles. The molecule has 1 aliphatic carbocycles. The molecule has 2 radical (unpaired) electrons. The highest BCUT2D eigenvalue weighted by Gasteiger charge is 2.52. The van der Waals surface area contributed by atoms with Gasteiger partial charge in [-0.05, 0) is 38.0 Å². The third kappa shape index (κ3) is 3.35. The summed E-state index contributed by atoms with van der Waals surface area (Å²) in [5.41, 5.74) is 0. The van der Waals surface area contributed by atoms with Gasteiger partial charge in [0.05, 0.1) is 6.10 Å². The molecule has 2 heterocycles. The highest BCUT2D eigenvalue weighted by Crippen LogP contribution is 2.49. The van der Waals surface area contributed by atoms with E-state index in [1.165, 1.54) is 0 Å². The van der Waals surface area contributed by atoms with Crippen molar-refractivity contribution in [1.29, 1.82) is 0 Å². The molecule has 3 rings (SSSR count). The average Bonchev–Trinajstić information content (AvgIpc) is 2.38. The Kier molecular flexibility index (Phi) is 5.34. The van der Waals surface area contributed by atoms with Crippen LogP contribution in [0.1, 0.15) is 32.1 Å². The zero-order valence-corrected chi connectivity index (χ0v) is 13.4. The second-order valence-corrected chi connectivity index (χ2v) is 7.81. The Morgan fingerprint density at radius 1 is 1.42 bits per heavy atom. The van der Waals surface area contributed by atoms with Crippen molar-refractivity contribution >= 4 is 52.2 Å². The summed E-state index contributed by atoms with van der Waals surface area (Å²) in [6, 6.07) is 0. The summed E-state index contributed by atoms with van der Waals surface area (Å²) >= 11 is 24.1. The standard InChI is InChI=1S/C13H16Cl4O2/c1-2-5-13(16,17)11(18)10-7-3-4-9(19-10)8(6-7)12(14)15/h7-9,12H,1-6H2. The van der Waals surface area contributed by atoms with E-state index in [2.05, 4.69) is 6.92 Å². The molecule has 3 atom stereocenters. The smallest absolute Gasteiger partial charge is 0.204 e. The first kappa shape index (κ1) is 16.2. The second-order valence-electron chi connectivity index (χ2n) is 5.17. The lowest BCUT2D eigenvalue weighted by Crippen LogP contribution is -2.49. The quantitative estimate of drug-likeness (QED) is 0.686. The number of rotatable bonds is 5. The molecule has 0 aromatic heterocycles. The summed E-state index contributed by atoms with van der Waals surface area (Å²) < 4.78 is 4.32. The van der Waals surface area contributed by atoms with Crippen molar-refractivity contribution in [1.82, 2.24) is 0 Å². The third-order valence-electron chi connectivity index (χ3n) is 3.85. The maximum absolute atomic E-state index is 12.4. The predicted octanol–water partition coefficient (Wildman–Crippen LogP) is 4.49. The van der Waals surface area contributed by atoms with Gasteiger partial charge in [-0.3, -0.25) is 4.79 Å². The van der Waals surface area contributed by atoms with Crippen molar-refractivity contribution in [2.45, 2.75) is 47.4 Å². The van der Waals surface area contributed by atoms with Gasteiger partial charge in [-0.15, -0.1) is 23.2 Å². The normalized spacial score (nSPS) is 32.0. The summed E-state index contributed by atoms with van der Waals surface area (Å²) in [5.74, 6) is -0.218. The van der Waals surface area contributed by atoms with Crippen molar-refractivity contribution in [2.75, 3.05) is 0 Å². The molecular weight excluding hydrogens is 330 g/mol. The van der Waals surface area contributed by atoms with Crippen LogP contribution in [-0.4, -0.2) is 21.1 Å². The van der Waals surface area contributed by atoms with Crippen molar-refractivity contribution in [3.05, 3.63) is 13.0 Å². The van der Waals surface area contributed by atoms with E-state index in [-0.39, 0.29) is 23.7 Å². The van der Waals surface area contributed by atoms with Crippen LogP contribution < -0.4 is 0 Å². The van der Waals surface area contributed by atoms with Gasteiger partial charge in [0, 0.05) is 5.92 Å². The largest absolute Gasteiger partial charge is 0.360 e. The van der Waals surface area contributed by atoms with Gasteiger partial charge in [-0.1, -0.05) is 30.1 Å². The predicted molar refractivity (Wildman–Crippen MR) is 78.5 cm³/mol. The highest BCUT2D eigenvalue weighted by atomic mass is 35.5. The van der Waals surface area contributed by atoms with Crippen molar-refractivity contribution in [3.63, 3.8) is 0 Å². The molecule has 0 spiro atoms. The molecule has 3 aliphatic rings. The zero-order chi connectivity index (χ0) is 14.2. The minimum atomic E-state index is -1.44. The molecule has 1 saturated carbocycles. The van der Waals surface area contributed by atoms with Crippen molar-refractivity contribution in [3.8, 4) is 0 Å². The number of ether oxygens (including phenoxy) is 1. The molecule has 19 heavy (non-hydrogen) atoms. The molecular formula is C13H16Cl4O2. The fourth-order valence-corrected chi connectivity index (χ4v) is 3.83. The fraction of sp³-hybridized carbons (Fsp3) is 0.769. The molecule has 0 aromatic carbocycles. The number of halogens is 4. The molecule has 3 unspecified atom stereocenters. The number of hydrogen-bond acceptors (Lipinski definition) is 2. The van der Waals surface area contributed by atoms with Crippen LogP contribution in [0.4, 0.5) is 0 Å². The Morgan fingerprint density at radius 2 is 2.11 bits per heavy atom. The first-order chi connectivity index (χ1) is 8.86. The number of ketones is 1. The van der Waals surface area contributed by atoms with Crippen LogP contribution in [0.25, 0.3) is 0 Å². The topological polar surface area (TPSA) is 26.3 Å². The van der Waals surface area contributed by atoms with E-state index >= 15 is 0 Å². The average molecular weight is 346 g/mol. The van der Waals surface area contributed by atoms with Gasteiger partial charge in [-0.25, -0.2) is 0 Å². The van der Waals surface area contributed by atoms with E-state index in [4.69, 9.17) is 51.1 Å². The maximum Gasteiger partial charge on any atom is 0.204 e. The molecule has 108 valence electrons. The summed E-state index contributed by atoms with van der Waals surface area (Å²) in [6.07, 6.45) is 3.64. The second kappa shape index (κ2) is 6.27. The maximum atomic E-state index is 12.4. The molecule has 2 aliphatic heterocycles. The Hall–Kier alpha value is 0.790. The fourth-order valence-electron chi connectivity index (χ4n) is 2.84. The van der Waals surface area contributed by atoms with Crippen molar-refractivity contribution < 1.29 is 9.53 Å². The van der Waals surface area contributed by atoms with Gasteiger partial charge < -0.3 is 4.74 Å². The first-order valence-corrected chi connectivity index (χ1v) is 8.03. The van der Waals surface area contributed by atoms with Gasteiger partial charge in [0.1, 0.15) is 4.84 Å². The van der Waals surface area contributed by atoms with Crippen LogP contribution in [-0.2, 0) is 9.53 Å². The Balaban J connectivity index is 2.07. The molecule has 2 bridgehead atoms. The number of Topliss-reactive ketones (excluding diaryl/α,β-unsaturated/α-hetero) is 1. The van der Waals surface area contributed by atoms with Crippen molar-refractivity contribution in [2.24, 2.45) is 11.8 Å². The molecule has 0 aromatic rings. The molecule has 6 heteroatoms. The zero-order valence-electron chi connectivity index (χ0n) is 10.4. The Bertz CT molecular complexity index is 346. The van der Waals surface area contributed by atoms with Crippen LogP contribution in [0, 0.1) is 24.9 Å². The number of fused-ring (bicyclic) bond motifs is 3. The van der Waals surface area contributed by atoms with E-state index < -0.39 is 9.17 Å². The summed E-state index contributed by atoms with van der Waals surface area (Å²) in [5, 5.41) is 0. The van der Waals surface area contributed by atoms with E-state index in [0.717, 1.165) is 19.3 Å². The summed E-state index contributed by atoms with van der Waals surface area (Å²) in [7, 11) is 0. The van der Waals surface area contributed by atoms with E-state index in [0.29, 0.717) is 18.9 Å². The molecule has 0 N–H and O–H groups in total. The Morgan fingerprint density at radius 3 is 2.58 bits per heavy atom. The van der Waals surface area contributed by atoms with Gasteiger partial charge in [0.25, 0.3) is 0 Å². The lowest BCUT2D eigenvalue weighted by Gasteiger charge is -2.47. The first-order valence-electron chi connectivity index (χ1n) is 6.40. The van der Waals surface area contributed by atoms with Gasteiger partial charge in [0.15, 0.2) is 10.4 Å². The number of carbonyl (C=O) groups excluding carboxylic acids is 1. The highest BCUT2D eigenvalue weighted by molar-refractivity contribution is 6.59. The number of carbonyl (C=O) groups is 1. The monoisotopic (exact) mass is 344 g/mol. The lowest BCUT2D eigenvalue weighted by atomic mass is 9.73. The minimum absolute atomic E-state index is 0.0317. The molecule has 0 amide bonds. The van der Waals surface area contributed by atoms with Crippen LogP contribution in [0.3, 0.4) is 0 Å². The number of hydrogen-bond donors (Lipinski definition) is 0. The Labute approximate surface area is 134 Å². The molecule has 2 nitrogen and oxygen atoms in total.